The molecule has 1 atom stereocenters. The molecule has 0 aromatic heterocycles. The van der Waals surface area contributed by atoms with Gasteiger partial charge in [-0.1, -0.05) is 6.92 Å². The third kappa shape index (κ3) is 4.53. The normalized spacial score (nSPS) is 12.8. The highest BCUT2D eigenvalue weighted by atomic mass is 16.7. The van der Waals surface area contributed by atoms with E-state index >= 15 is 0 Å². The molecular weight excluding hydrogens is 288 g/mol. The monoisotopic (exact) mass is 312 g/mol. The second-order valence-electron chi connectivity index (χ2n) is 5.56. The maximum absolute atomic E-state index is 12.1. The van der Waals surface area contributed by atoms with Crippen LogP contribution in [-0.4, -0.2) is 29.1 Å². The van der Waals surface area contributed by atoms with Crippen molar-refractivity contribution in [3.05, 3.63) is 12.1 Å². The molecule has 0 amide bonds. The fourth-order valence-corrected chi connectivity index (χ4v) is 1.55. The fraction of sp³-hybridized carbons (Fsp3) is 0.562. The summed E-state index contributed by atoms with van der Waals surface area (Å²) in [5.41, 5.74) is -0.646. The Balaban J connectivity index is 2.98. The summed E-state index contributed by atoms with van der Waals surface area (Å²) in [5, 5.41) is 19.5. The second kappa shape index (κ2) is 7.35. The van der Waals surface area contributed by atoms with E-state index in [1.165, 1.54) is 6.07 Å². The Morgan fingerprint density at radius 3 is 2.45 bits per heavy atom. The van der Waals surface area contributed by atoms with Gasteiger partial charge in [0.1, 0.15) is 5.75 Å². The molecular formula is C16H24O6. The van der Waals surface area contributed by atoms with Crippen molar-refractivity contribution in [3.63, 3.8) is 0 Å². The van der Waals surface area contributed by atoms with E-state index in [1.54, 1.807) is 20.8 Å². The number of benzene rings is 1. The zero-order valence-electron chi connectivity index (χ0n) is 13.7. The summed E-state index contributed by atoms with van der Waals surface area (Å²) >= 11 is 0. The molecule has 0 aliphatic carbocycles. The maximum atomic E-state index is 12.1. The van der Waals surface area contributed by atoms with E-state index < -0.39 is 29.2 Å². The van der Waals surface area contributed by atoms with Crippen LogP contribution in [0.2, 0.25) is 0 Å². The second-order valence-corrected chi connectivity index (χ2v) is 5.56. The molecule has 0 aliphatic heterocycles. The van der Waals surface area contributed by atoms with Crippen LogP contribution >= 0.6 is 0 Å². The molecule has 6 heteroatoms. The Kier molecular flexibility index (Phi) is 6.05. The highest BCUT2D eigenvalue weighted by molar-refractivity contribution is 5.78. The predicted molar refractivity (Wildman–Crippen MR) is 81.2 cm³/mol. The van der Waals surface area contributed by atoms with Gasteiger partial charge in [0.15, 0.2) is 17.8 Å². The van der Waals surface area contributed by atoms with E-state index in [-0.39, 0.29) is 11.5 Å². The first-order valence-electron chi connectivity index (χ1n) is 7.27. The number of carbonyl (C=O) groups excluding carboxylic acids is 1. The third-order valence-corrected chi connectivity index (χ3v) is 3.37. The van der Waals surface area contributed by atoms with Gasteiger partial charge in [-0.3, -0.25) is 4.79 Å². The average Bonchev–Trinajstić information content (AvgIpc) is 2.44. The molecule has 0 heterocycles. The van der Waals surface area contributed by atoms with Crippen molar-refractivity contribution < 1.29 is 29.2 Å². The summed E-state index contributed by atoms with van der Waals surface area (Å²) in [5.74, 6) is -1.21. The number of carbonyl (C=O) groups is 1. The third-order valence-electron chi connectivity index (χ3n) is 3.37. The minimum absolute atomic E-state index is 0.0157. The van der Waals surface area contributed by atoms with Gasteiger partial charge in [-0.25, -0.2) is 0 Å². The Hall–Kier alpha value is -1.95. The van der Waals surface area contributed by atoms with Gasteiger partial charge in [0.05, 0.1) is 5.41 Å². The molecule has 124 valence electrons. The lowest BCUT2D eigenvalue weighted by molar-refractivity contribution is -0.144. The number of ether oxygens (including phenoxy) is 3. The molecule has 0 aliphatic rings. The first-order valence-corrected chi connectivity index (χ1v) is 7.27. The van der Waals surface area contributed by atoms with Crippen molar-refractivity contribution in [1.82, 2.24) is 0 Å². The number of phenolic OH excluding ortho intramolecular Hbond substituents is 2. The van der Waals surface area contributed by atoms with E-state index in [2.05, 4.69) is 0 Å². The van der Waals surface area contributed by atoms with Crippen LogP contribution in [0, 0.1) is 5.41 Å². The molecule has 1 rings (SSSR count). The molecule has 0 radical (unpaired) electrons. The van der Waals surface area contributed by atoms with E-state index in [0.717, 1.165) is 6.07 Å². The Morgan fingerprint density at radius 1 is 1.27 bits per heavy atom. The standard InChI is InChI=1S/C16H24O6/c1-6-16(4,5)15(19)22-11-8-12(17)14(18)13(9-11)21-10(3)20-7-2/h8-10,17-18H,6-7H2,1-5H3. The molecule has 0 saturated carbocycles. The summed E-state index contributed by atoms with van der Waals surface area (Å²) in [4.78, 5) is 12.1. The lowest BCUT2D eigenvalue weighted by Crippen LogP contribution is -2.28. The Labute approximate surface area is 130 Å². The molecule has 0 bridgehead atoms. The van der Waals surface area contributed by atoms with Crippen LogP contribution in [0.4, 0.5) is 0 Å². The quantitative estimate of drug-likeness (QED) is 0.348. The van der Waals surface area contributed by atoms with Crippen LogP contribution in [0.15, 0.2) is 12.1 Å². The maximum Gasteiger partial charge on any atom is 0.316 e. The van der Waals surface area contributed by atoms with Crippen molar-refractivity contribution in [2.75, 3.05) is 6.61 Å². The minimum Gasteiger partial charge on any atom is -0.504 e. The molecule has 0 saturated heterocycles. The number of phenols is 2. The largest absolute Gasteiger partial charge is 0.504 e. The molecule has 1 aromatic carbocycles. The van der Waals surface area contributed by atoms with Crippen molar-refractivity contribution in [1.29, 1.82) is 0 Å². The molecule has 1 aromatic rings. The van der Waals surface area contributed by atoms with Crippen LogP contribution in [0.5, 0.6) is 23.0 Å². The van der Waals surface area contributed by atoms with Gasteiger partial charge in [-0.15, -0.1) is 0 Å². The summed E-state index contributed by atoms with van der Waals surface area (Å²) < 4.78 is 15.8. The highest BCUT2D eigenvalue weighted by Crippen LogP contribution is 2.40. The van der Waals surface area contributed by atoms with Gasteiger partial charge in [-0.2, -0.15) is 0 Å². The lowest BCUT2D eigenvalue weighted by Gasteiger charge is -2.21. The van der Waals surface area contributed by atoms with Crippen LogP contribution in [0.3, 0.4) is 0 Å². The summed E-state index contributed by atoms with van der Waals surface area (Å²) in [6.45, 7) is 9.32. The molecule has 22 heavy (non-hydrogen) atoms. The van der Waals surface area contributed by atoms with E-state index in [1.807, 2.05) is 13.8 Å². The first kappa shape index (κ1) is 18.1. The number of rotatable bonds is 7. The highest BCUT2D eigenvalue weighted by Gasteiger charge is 2.28. The number of hydrogen-bond donors (Lipinski definition) is 2. The molecule has 2 N–H and O–H groups in total. The smallest absolute Gasteiger partial charge is 0.316 e. The summed E-state index contributed by atoms with van der Waals surface area (Å²) in [7, 11) is 0. The minimum atomic E-state index is -0.646. The van der Waals surface area contributed by atoms with Crippen LogP contribution in [-0.2, 0) is 9.53 Å². The molecule has 1 unspecified atom stereocenters. The Morgan fingerprint density at radius 2 is 1.91 bits per heavy atom. The topological polar surface area (TPSA) is 85.2 Å². The van der Waals surface area contributed by atoms with Gasteiger partial charge >= 0.3 is 5.97 Å². The average molecular weight is 312 g/mol. The van der Waals surface area contributed by atoms with Crippen LogP contribution < -0.4 is 9.47 Å². The van der Waals surface area contributed by atoms with Gasteiger partial charge in [0.2, 0.25) is 5.75 Å². The lowest BCUT2D eigenvalue weighted by atomic mass is 9.91. The molecule has 0 spiro atoms. The van der Waals surface area contributed by atoms with Crippen molar-refractivity contribution >= 4 is 5.97 Å². The zero-order chi connectivity index (χ0) is 16.9. The Bertz CT molecular complexity index is 524. The molecule has 0 fully saturated rings. The SMILES string of the molecule is CCOC(C)Oc1cc(OC(=O)C(C)(C)CC)cc(O)c1O. The summed E-state index contributed by atoms with van der Waals surface area (Å²) in [6.07, 6.45) is -0.00555. The number of hydrogen-bond acceptors (Lipinski definition) is 6. The van der Waals surface area contributed by atoms with E-state index in [4.69, 9.17) is 14.2 Å². The predicted octanol–water partition coefficient (Wildman–Crippen LogP) is 3.20. The van der Waals surface area contributed by atoms with E-state index in [0.29, 0.717) is 13.0 Å². The van der Waals surface area contributed by atoms with Gasteiger partial charge in [-0.05, 0) is 34.1 Å². The van der Waals surface area contributed by atoms with E-state index in [9.17, 15) is 15.0 Å². The van der Waals surface area contributed by atoms with Gasteiger partial charge in [0, 0.05) is 18.7 Å². The number of aromatic hydroxyl groups is 2. The summed E-state index contributed by atoms with van der Waals surface area (Å²) in [6, 6.07) is 2.51. The van der Waals surface area contributed by atoms with Crippen LogP contribution in [0.1, 0.15) is 41.0 Å². The number of esters is 1. The zero-order valence-corrected chi connectivity index (χ0v) is 13.7. The fourth-order valence-electron chi connectivity index (χ4n) is 1.55. The first-order chi connectivity index (χ1) is 10.2. The van der Waals surface area contributed by atoms with Crippen LogP contribution in [0.25, 0.3) is 0 Å². The van der Waals surface area contributed by atoms with Gasteiger partial charge < -0.3 is 24.4 Å². The van der Waals surface area contributed by atoms with Crippen molar-refractivity contribution in [2.45, 2.75) is 47.3 Å². The van der Waals surface area contributed by atoms with Crippen molar-refractivity contribution in [2.24, 2.45) is 5.41 Å². The molecule has 6 nitrogen and oxygen atoms in total. The van der Waals surface area contributed by atoms with Gasteiger partial charge in [0.25, 0.3) is 0 Å². The van der Waals surface area contributed by atoms with Crippen molar-refractivity contribution in [3.8, 4) is 23.0 Å².